The number of phenols is 2. The van der Waals surface area contributed by atoms with E-state index in [4.69, 9.17) is 24.7 Å². The second kappa shape index (κ2) is 13.6. The molecule has 5 aliphatic rings. The van der Waals surface area contributed by atoms with Gasteiger partial charge in [-0.15, -0.1) is 0 Å². The lowest BCUT2D eigenvalue weighted by molar-refractivity contribution is -0.141. The molecule has 55 heavy (non-hydrogen) atoms. The number of fused-ring (bicyclic) bond motifs is 9. The van der Waals surface area contributed by atoms with Crippen LogP contribution in [0.4, 0.5) is 5.82 Å². The quantitative estimate of drug-likeness (QED) is 0.0984. The van der Waals surface area contributed by atoms with Crippen LogP contribution < -0.4 is 25.3 Å². The average molecular weight is 742 g/mol. The molecule has 1 fully saturated rings. The molecular weight excluding hydrogens is 698 g/mol. The van der Waals surface area contributed by atoms with Crippen LogP contribution in [0.25, 0.3) is 17.2 Å². The third kappa shape index (κ3) is 5.92. The molecule has 4 aromatic rings. The molecule has 0 saturated heterocycles. The SMILES string of the molecule is CN[C@@H]1C=Cc2c(c(O)cc3c2[C@H]2Oc4c(ccc5c4[C@@]4(CC[C@@H](Cc6ccc(N)nc6C#CC3)C4)Cc3cc(O)cc(OCO)c3-5)[C@H]2COC(C)=O)OC1. The van der Waals surface area contributed by atoms with Crippen LogP contribution in [0.2, 0.25) is 0 Å². The van der Waals surface area contributed by atoms with E-state index in [1.54, 1.807) is 18.2 Å². The number of aliphatic hydroxyl groups excluding tert-OH is 1. The van der Waals surface area contributed by atoms with Crippen molar-refractivity contribution in [2.24, 2.45) is 5.92 Å². The number of phenolic OH excluding ortho intramolecular Hbond substituents is 2. The molecule has 1 saturated carbocycles. The molecule has 1 aromatic heterocycles. The number of ether oxygens (including phenoxy) is 4. The van der Waals surface area contributed by atoms with E-state index in [0.29, 0.717) is 41.6 Å². The van der Waals surface area contributed by atoms with Crippen molar-refractivity contribution in [2.75, 3.05) is 32.8 Å². The Morgan fingerprint density at radius 3 is 2.82 bits per heavy atom. The number of anilines is 1. The molecule has 4 bridgehead atoms. The van der Waals surface area contributed by atoms with E-state index in [1.807, 2.05) is 37.4 Å². The number of nitrogens with two attached hydrogens (primary N) is 1. The van der Waals surface area contributed by atoms with E-state index in [2.05, 4.69) is 28.2 Å². The van der Waals surface area contributed by atoms with Crippen LogP contribution in [0.15, 0.2) is 48.5 Å². The molecule has 0 unspecified atom stereocenters. The van der Waals surface area contributed by atoms with Gasteiger partial charge in [0.15, 0.2) is 18.3 Å². The molecular formula is C44H43N3O8. The number of aliphatic hydroxyl groups is 1. The summed E-state index contributed by atoms with van der Waals surface area (Å²) in [7, 11) is 1.86. The Hall–Kier alpha value is -5.70. The molecule has 6 N–H and O–H groups in total. The first-order chi connectivity index (χ1) is 26.7. The zero-order valence-corrected chi connectivity index (χ0v) is 30.8. The first kappa shape index (κ1) is 35.0. The predicted molar refractivity (Wildman–Crippen MR) is 205 cm³/mol. The molecule has 4 heterocycles. The zero-order valence-electron chi connectivity index (χ0n) is 30.8. The molecule has 9 rings (SSSR count). The maximum atomic E-state index is 12.4. The Morgan fingerprint density at radius 2 is 2.00 bits per heavy atom. The Morgan fingerprint density at radius 1 is 1.13 bits per heavy atom. The average Bonchev–Trinajstić information content (AvgIpc) is 3.63. The summed E-state index contributed by atoms with van der Waals surface area (Å²) in [5.74, 6) is 8.09. The molecule has 0 amide bonds. The van der Waals surface area contributed by atoms with Gasteiger partial charge in [0.1, 0.15) is 48.1 Å². The van der Waals surface area contributed by atoms with Crippen molar-refractivity contribution in [3.63, 3.8) is 0 Å². The largest absolute Gasteiger partial charge is 0.508 e. The van der Waals surface area contributed by atoms with Gasteiger partial charge >= 0.3 is 5.97 Å². The molecule has 282 valence electrons. The van der Waals surface area contributed by atoms with Crippen molar-refractivity contribution >= 4 is 17.9 Å². The van der Waals surface area contributed by atoms with Gasteiger partial charge in [0, 0.05) is 52.6 Å². The first-order valence-corrected chi connectivity index (χ1v) is 18.8. The van der Waals surface area contributed by atoms with Crippen molar-refractivity contribution in [2.45, 2.75) is 68.9 Å². The van der Waals surface area contributed by atoms with Gasteiger partial charge in [-0.1, -0.05) is 36.3 Å². The summed E-state index contributed by atoms with van der Waals surface area (Å²) < 4.78 is 25.2. The Balaban J connectivity index is 1.33. The third-order valence-electron chi connectivity index (χ3n) is 12.1. The van der Waals surface area contributed by atoms with E-state index >= 15 is 0 Å². The molecule has 11 nitrogen and oxygen atoms in total. The molecule has 5 atom stereocenters. The normalized spacial score (nSPS) is 23.8. The van der Waals surface area contributed by atoms with Gasteiger partial charge in [0.05, 0.1) is 12.0 Å². The number of carbonyl (C=O) groups is 1. The number of hydrogen-bond donors (Lipinski definition) is 5. The highest BCUT2D eigenvalue weighted by atomic mass is 16.6. The molecule has 0 radical (unpaired) electrons. The summed E-state index contributed by atoms with van der Waals surface area (Å²) in [6, 6.07) is 12.9. The lowest BCUT2D eigenvalue weighted by atomic mass is 9.65. The highest BCUT2D eigenvalue weighted by molar-refractivity contribution is 5.84. The molecule has 11 heteroatoms. The standard InChI is InChI=1S/C44H43N3O8/c1-23(49)52-21-33-30-9-10-31-38-27(15-29(50)17-36(38)54-22-48)19-44-13-12-24(18-44)14-25-6-11-37(45)47-34(25)5-3-4-26-16-35(51)41-32(8-7-28(46-2)20-53-41)39(26)42(33)55-43(30)40(31)44/h6-11,15-17,24,28,33,42,46,48,50-51H,4,12-14,18-22H2,1-2H3,(H2,45,47)/t24-,28+,33+,42-,44+/m0/s1. The van der Waals surface area contributed by atoms with Gasteiger partial charge in [0.25, 0.3) is 0 Å². The second-order valence-electron chi connectivity index (χ2n) is 15.4. The lowest BCUT2D eigenvalue weighted by Gasteiger charge is -2.39. The fourth-order valence-electron chi connectivity index (χ4n) is 9.78. The summed E-state index contributed by atoms with van der Waals surface area (Å²) in [6.45, 7) is 1.22. The molecule has 3 aliphatic heterocycles. The van der Waals surface area contributed by atoms with Gasteiger partial charge < -0.3 is 45.3 Å². The number of rotatable bonds is 5. The van der Waals surface area contributed by atoms with Crippen molar-refractivity contribution in [1.82, 2.24) is 10.3 Å². The summed E-state index contributed by atoms with van der Waals surface area (Å²) >= 11 is 0. The lowest BCUT2D eigenvalue weighted by Crippen LogP contribution is -2.31. The maximum absolute atomic E-state index is 12.4. The van der Waals surface area contributed by atoms with Crippen molar-refractivity contribution in [3.05, 3.63) is 93.2 Å². The fourth-order valence-corrected chi connectivity index (χ4v) is 9.78. The zero-order chi connectivity index (χ0) is 38.0. The number of aromatic hydroxyl groups is 2. The fraction of sp³-hybridized carbons (Fsp3) is 0.364. The van der Waals surface area contributed by atoms with Crippen LogP contribution >= 0.6 is 0 Å². The molecule has 1 spiro atoms. The van der Waals surface area contributed by atoms with Crippen LogP contribution in [0.3, 0.4) is 0 Å². The number of esters is 1. The van der Waals surface area contributed by atoms with Crippen LogP contribution in [0.1, 0.15) is 82.8 Å². The Labute approximate surface area is 319 Å². The Bertz CT molecular complexity index is 2340. The predicted octanol–water partition coefficient (Wildman–Crippen LogP) is 5.59. The highest BCUT2D eigenvalue weighted by Gasteiger charge is 2.51. The number of nitrogen functional groups attached to an aromatic ring is 1. The molecule has 3 aromatic carbocycles. The van der Waals surface area contributed by atoms with Crippen molar-refractivity contribution in [3.8, 4) is 51.7 Å². The van der Waals surface area contributed by atoms with Gasteiger partial charge in [-0.3, -0.25) is 4.79 Å². The third-order valence-corrected chi connectivity index (χ3v) is 12.1. The van der Waals surface area contributed by atoms with Crippen molar-refractivity contribution in [1.29, 1.82) is 0 Å². The smallest absolute Gasteiger partial charge is 0.302 e. The Kier molecular flexibility index (Phi) is 8.63. The number of nitrogens with zero attached hydrogens (tertiary/aromatic N) is 1. The number of pyridine rings is 1. The molecule has 2 aliphatic carbocycles. The van der Waals surface area contributed by atoms with Gasteiger partial charge in [-0.05, 0) is 91.4 Å². The van der Waals surface area contributed by atoms with Crippen molar-refractivity contribution < 1.29 is 39.1 Å². The minimum Gasteiger partial charge on any atom is -0.508 e. The van der Waals surface area contributed by atoms with E-state index in [0.717, 1.165) is 75.9 Å². The summed E-state index contributed by atoms with van der Waals surface area (Å²) in [6.07, 6.45) is 7.61. The van der Waals surface area contributed by atoms with Gasteiger partial charge in [-0.25, -0.2) is 4.98 Å². The number of aromatic nitrogens is 1. The number of carbonyl (C=O) groups excluding carboxylic acids is 1. The number of nitrogens with one attached hydrogen (secondary N) is 1. The van der Waals surface area contributed by atoms with Gasteiger partial charge in [0.2, 0.25) is 0 Å². The summed E-state index contributed by atoms with van der Waals surface area (Å²) in [4.78, 5) is 17.1. The first-order valence-electron chi connectivity index (χ1n) is 18.8. The van der Waals surface area contributed by atoms with E-state index in [9.17, 15) is 20.1 Å². The van der Waals surface area contributed by atoms with Crippen LogP contribution in [0.5, 0.6) is 28.7 Å². The van der Waals surface area contributed by atoms with E-state index in [1.165, 1.54) is 6.92 Å². The van der Waals surface area contributed by atoms with E-state index < -0.39 is 24.8 Å². The number of benzene rings is 3. The topological polar surface area (TPSA) is 166 Å². The summed E-state index contributed by atoms with van der Waals surface area (Å²) in [5, 5.41) is 35.5. The maximum Gasteiger partial charge on any atom is 0.302 e. The monoisotopic (exact) mass is 741 g/mol. The minimum absolute atomic E-state index is 0.00500. The minimum atomic E-state index is -0.652. The number of hydrogen-bond acceptors (Lipinski definition) is 11. The number of likely N-dealkylation sites (N-methyl/N-ethyl adjacent to an activating group) is 1. The van der Waals surface area contributed by atoms with Crippen LogP contribution in [-0.2, 0) is 34.2 Å². The van der Waals surface area contributed by atoms with Gasteiger partial charge in [-0.2, -0.15) is 0 Å². The van der Waals surface area contributed by atoms with Crippen LogP contribution in [-0.4, -0.2) is 59.4 Å². The summed E-state index contributed by atoms with van der Waals surface area (Å²) in [5.41, 5.74) is 14.4. The van der Waals surface area contributed by atoms with E-state index in [-0.39, 0.29) is 41.9 Å². The highest BCUT2D eigenvalue weighted by Crippen LogP contribution is 2.63. The van der Waals surface area contributed by atoms with Crippen LogP contribution in [0, 0.1) is 17.8 Å². The second-order valence-corrected chi connectivity index (χ2v) is 15.4.